The number of hydrogen-bond donors (Lipinski definition) is 1. The summed E-state index contributed by atoms with van der Waals surface area (Å²) in [6.07, 6.45) is 2.49. The molecule has 1 heterocycles. The Morgan fingerprint density at radius 3 is 2.55 bits per heavy atom. The summed E-state index contributed by atoms with van der Waals surface area (Å²) in [6, 6.07) is 8.72. The number of hydrogen-bond acceptors (Lipinski definition) is 4. The quantitative estimate of drug-likeness (QED) is 0.938. The monoisotopic (exact) mass is 291 g/mol. The van der Waals surface area contributed by atoms with Crippen LogP contribution in [0.2, 0.25) is 0 Å². The number of rotatable bonds is 3. The van der Waals surface area contributed by atoms with E-state index in [2.05, 4.69) is 5.10 Å². The lowest BCUT2D eigenvalue weighted by molar-refractivity contribution is 0.477. The molecule has 1 aliphatic carbocycles. The molecule has 0 aliphatic heterocycles. The first kappa shape index (κ1) is 13.2. The minimum absolute atomic E-state index is 0.246. The van der Waals surface area contributed by atoms with E-state index in [0.29, 0.717) is 22.0 Å². The van der Waals surface area contributed by atoms with Gasteiger partial charge < -0.3 is 5.73 Å². The molecule has 0 spiro atoms. The fourth-order valence-electron chi connectivity index (χ4n) is 2.40. The number of sulfone groups is 1. The van der Waals surface area contributed by atoms with Gasteiger partial charge in [0.2, 0.25) is 0 Å². The van der Waals surface area contributed by atoms with E-state index < -0.39 is 9.84 Å². The first-order valence-electron chi connectivity index (χ1n) is 6.63. The first-order valence-corrected chi connectivity index (χ1v) is 8.17. The molecule has 0 amide bonds. The zero-order valence-electron chi connectivity index (χ0n) is 11.3. The van der Waals surface area contributed by atoms with E-state index in [-0.39, 0.29) is 5.25 Å². The van der Waals surface area contributed by atoms with Crippen molar-refractivity contribution in [3.05, 3.63) is 30.3 Å². The average molecular weight is 291 g/mol. The van der Waals surface area contributed by atoms with Gasteiger partial charge in [-0.05, 0) is 18.9 Å². The van der Waals surface area contributed by atoms with Gasteiger partial charge in [0, 0.05) is 18.7 Å². The fourth-order valence-corrected chi connectivity index (χ4v) is 4.46. The van der Waals surface area contributed by atoms with Crippen LogP contribution in [-0.2, 0) is 16.9 Å². The summed E-state index contributed by atoms with van der Waals surface area (Å²) in [5.41, 5.74) is 7.02. The number of aromatic nitrogens is 2. The number of aryl methyl sites for hydroxylation is 1. The van der Waals surface area contributed by atoms with E-state index >= 15 is 0 Å². The smallest absolute Gasteiger partial charge is 0.181 e. The van der Waals surface area contributed by atoms with Gasteiger partial charge in [-0.2, -0.15) is 5.10 Å². The number of nitrogen functional groups attached to an aromatic ring is 1. The topological polar surface area (TPSA) is 78.0 Å². The zero-order chi connectivity index (χ0) is 14.3. The lowest BCUT2D eigenvalue weighted by Gasteiger charge is -2.26. The summed E-state index contributed by atoms with van der Waals surface area (Å²) < 4.78 is 26.8. The van der Waals surface area contributed by atoms with Gasteiger partial charge in [-0.25, -0.2) is 8.42 Å². The van der Waals surface area contributed by atoms with Gasteiger partial charge in [0.25, 0.3) is 0 Å². The summed E-state index contributed by atoms with van der Waals surface area (Å²) in [5, 5.41) is 4.04. The Bertz CT molecular complexity index is 726. The van der Waals surface area contributed by atoms with Crippen molar-refractivity contribution in [1.82, 2.24) is 9.78 Å². The first-order chi connectivity index (χ1) is 9.50. The summed E-state index contributed by atoms with van der Waals surface area (Å²) in [4.78, 5) is 0.364. The Morgan fingerprint density at radius 2 is 2.00 bits per heavy atom. The zero-order valence-corrected chi connectivity index (χ0v) is 12.1. The molecule has 2 N–H and O–H groups in total. The molecule has 0 unspecified atom stereocenters. The summed E-state index contributed by atoms with van der Waals surface area (Å²) in [7, 11) is -1.54. The normalized spacial score (nSPS) is 16.1. The van der Waals surface area contributed by atoms with Gasteiger partial charge in [-0.15, -0.1) is 0 Å². The van der Waals surface area contributed by atoms with Crippen molar-refractivity contribution in [2.75, 3.05) is 5.73 Å². The molecule has 1 fully saturated rings. The van der Waals surface area contributed by atoms with Crippen LogP contribution in [0.1, 0.15) is 19.3 Å². The Hall–Kier alpha value is -1.82. The molecule has 5 nitrogen and oxygen atoms in total. The van der Waals surface area contributed by atoms with E-state index in [1.807, 2.05) is 6.07 Å². The van der Waals surface area contributed by atoms with E-state index in [1.165, 1.54) is 0 Å². The summed E-state index contributed by atoms with van der Waals surface area (Å²) in [6.45, 7) is 0. The molecule has 0 radical (unpaired) electrons. The maximum Gasteiger partial charge on any atom is 0.181 e. The van der Waals surface area contributed by atoms with Gasteiger partial charge in [0.05, 0.1) is 15.8 Å². The van der Waals surface area contributed by atoms with Crippen molar-refractivity contribution in [2.24, 2.45) is 7.05 Å². The van der Waals surface area contributed by atoms with Crippen molar-refractivity contribution in [2.45, 2.75) is 29.4 Å². The molecular formula is C14H17N3O2S. The highest BCUT2D eigenvalue weighted by Gasteiger charge is 2.34. The van der Waals surface area contributed by atoms with Gasteiger partial charge in [-0.3, -0.25) is 4.68 Å². The highest BCUT2D eigenvalue weighted by molar-refractivity contribution is 7.92. The molecule has 6 heteroatoms. The second-order valence-corrected chi connectivity index (χ2v) is 7.37. The molecule has 0 saturated heterocycles. The molecule has 2 aromatic rings. The fraction of sp³-hybridized carbons (Fsp3) is 0.357. The van der Waals surface area contributed by atoms with Gasteiger partial charge >= 0.3 is 0 Å². The number of benzene rings is 1. The molecule has 0 atom stereocenters. The van der Waals surface area contributed by atoms with Crippen LogP contribution in [0.25, 0.3) is 11.3 Å². The molecular weight excluding hydrogens is 274 g/mol. The van der Waals surface area contributed by atoms with Crippen molar-refractivity contribution in [3.8, 4) is 11.3 Å². The van der Waals surface area contributed by atoms with Crippen LogP contribution in [0.3, 0.4) is 0 Å². The largest absolute Gasteiger partial charge is 0.384 e. The lowest BCUT2D eigenvalue weighted by Crippen LogP contribution is -2.28. The molecule has 1 aromatic heterocycles. The Balaban J connectivity index is 2.13. The maximum absolute atomic E-state index is 12.6. The lowest BCUT2D eigenvalue weighted by atomic mass is 10.00. The molecule has 1 aliphatic rings. The Morgan fingerprint density at radius 1 is 1.30 bits per heavy atom. The molecule has 3 rings (SSSR count). The van der Waals surface area contributed by atoms with Crippen LogP contribution in [0, 0.1) is 0 Å². The molecule has 1 saturated carbocycles. The minimum atomic E-state index is -3.27. The highest BCUT2D eigenvalue weighted by atomic mass is 32.2. The van der Waals surface area contributed by atoms with Crippen molar-refractivity contribution in [1.29, 1.82) is 0 Å². The van der Waals surface area contributed by atoms with Crippen LogP contribution in [0.5, 0.6) is 0 Å². The average Bonchev–Trinajstić information content (AvgIpc) is 2.67. The maximum atomic E-state index is 12.6. The third kappa shape index (κ3) is 2.00. The number of nitrogens with zero attached hydrogens (tertiary/aromatic N) is 2. The molecule has 20 heavy (non-hydrogen) atoms. The molecule has 106 valence electrons. The standard InChI is InChI=1S/C14H17N3O2S/c1-17-14(15)9-12(16-17)11-7-2-3-8-13(11)20(18,19)10-5-4-6-10/h2-3,7-10H,4-6,15H2,1H3. The number of nitrogens with two attached hydrogens (primary N) is 1. The van der Waals surface area contributed by atoms with Crippen molar-refractivity contribution >= 4 is 15.7 Å². The van der Waals surface area contributed by atoms with E-state index in [0.717, 1.165) is 19.3 Å². The van der Waals surface area contributed by atoms with Crippen LogP contribution in [0.4, 0.5) is 5.82 Å². The van der Waals surface area contributed by atoms with Crippen LogP contribution in [-0.4, -0.2) is 23.4 Å². The van der Waals surface area contributed by atoms with Crippen LogP contribution in [0.15, 0.2) is 35.2 Å². The minimum Gasteiger partial charge on any atom is -0.384 e. The van der Waals surface area contributed by atoms with Gasteiger partial charge in [0.15, 0.2) is 9.84 Å². The second-order valence-electron chi connectivity index (χ2n) is 5.17. The van der Waals surface area contributed by atoms with E-state index in [4.69, 9.17) is 5.73 Å². The third-order valence-corrected chi connectivity index (χ3v) is 6.19. The predicted molar refractivity (Wildman–Crippen MR) is 77.9 cm³/mol. The van der Waals surface area contributed by atoms with Crippen molar-refractivity contribution in [3.63, 3.8) is 0 Å². The van der Waals surface area contributed by atoms with Crippen molar-refractivity contribution < 1.29 is 8.42 Å². The Kier molecular flexibility index (Phi) is 3.05. The summed E-state index contributed by atoms with van der Waals surface area (Å²) >= 11 is 0. The van der Waals surface area contributed by atoms with Crippen LogP contribution >= 0.6 is 0 Å². The van der Waals surface area contributed by atoms with Crippen LogP contribution < -0.4 is 5.73 Å². The number of anilines is 1. The summed E-state index contributed by atoms with van der Waals surface area (Å²) in [5.74, 6) is 0.510. The van der Waals surface area contributed by atoms with Gasteiger partial charge in [0.1, 0.15) is 5.82 Å². The van der Waals surface area contributed by atoms with E-state index in [9.17, 15) is 8.42 Å². The Labute approximate surface area is 118 Å². The van der Waals surface area contributed by atoms with Gasteiger partial charge in [-0.1, -0.05) is 24.6 Å². The highest BCUT2D eigenvalue weighted by Crippen LogP contribution is 2.35. The predicted octanol–water partition coefficient (Wildman–Crippen LogP) is 2.00. The second kappa shape index (κ2) is 4.63. The third-order valence-electron chi connectivity index (χ3n) is 3.88. The molecule has 1 aromatic carbocycles. The SMILES string of the molecule is Cn1nc(-c2ccccc2S(=O)(=O)C2CCC2)cc1N. The molecule has 0 bridgehead atoms. The van der Waals surface area contributed by atoms with E-state index in [1.54, 1.807) is 36.0 Å².